The monoisotopic (exact) mass is 898 g/mol. The maximum absolute atomic E-state index is 12.3. The van der Waals surface area contributed by atoms with Crippen molar-refractivity contribution in [1.29, 1.82) is 0 Å². The summed E-state index contributed by atoms with van der Waals surface area (Å²) in [5.41, 5.74) is 1.89. The number of rotatable bonds is 25. The summed E-state index contributed by atoms with van der Waals surface area (Å²) in [6, 6.07) is 8.95. The maximum atomic E-state index is 12.3. The van der Waals surface area contributed by atoms with Crippen LogP contribution in [0.3, 0.4) is 0 Å². The van der Waals surface area contributed by atoms with E-state index in [1.165, 1.54) is 12.1 Å². The van der Waals surface area contributed by atoms with Crippen LogP contribution in [0.5, 0.6) is 0 Å². The number of unbranched alkanes of at least 4 members (excludes halogenated alkanes) is 2. The molecular weight excluding hydrogens is 849 g/mol. The van der Waals surface area contributed by atoms with Gasteiger partial charge >= 0.3 is 35.9 Å². The van der Waals surface area contributed by atoms with Crippen molar-refractivity contribution < 1.29 is 59.1 Å². The number of thioether (sulfide) groups is 1. The Morgan fingerprint density at radius 1 is 0.806 bits per heavy atom. The number of nitrogens with zero attached hydrogens (tertiary/aromatic N) is 3. The first-order valence-corrected chi connectivity index (χ1v) is 21.2. The normalized spacial score (nSPS) is 16.9. The fourth-order valence-corrected chi connectivity index (χ4v) is 8.67. The molecule has 2 fully saturated rings. The van der Waals surface area contributed by atoms with Crippen molar-refractivity contribution in [2.45, 2.75) is 81.4 Å². The van der Waals surface area contributed by atoms with Gasteiger partial charge in [-0.25, -0.2) is 9.59 Å². The van der Waals surface area contributed by atoms with Crippen molar-refractivity contribution >= 4 is 76.6 Å². The molecule has 1 aromatic carbocycles. The van der Waals surface area contributed by atoms with Gasteiger partial charge in [-0.05, 0) is 80.7 Å². The molecule has 22 heteroatoms. The molecule has 0 aliphatic carbocycles. The summed E-state index contributed by atoms with van der Waals surface area (Å²) < 4.78 is 0. The molecule has 4 rings (SSSR count). The third-order valence-corrected chi connectivity index (χ3v) is 11.3. The molecule has 0 radical (unpaired) electrons. The van der Waals surface area contributed by atoms with Crippen molar-refractivity contribution in [3.63, 3.8) is 0 Å². The fourth-order valence-electron chi connectivity index (χ4n) is 6.87. The Labute approximate surface area is 366 Å². The van der Waals surface area contributed by atoms with Gasteiger partial charge in [0.2, 0.25) is 5.91 Å². The Morgan fingerprint density at radius 2 is 1.39 bits per heavy atom. The summed E-state index contributed by atoms with van der Waals surface area (Å²) in [5, 5.41) is 61.9. The van der Waals surface area contributed by atoms with Crippen molar-refractivity contribution in [3.8, 4) is 11.8 Å². The lowest BCUT2D eigenvalue weighted by molar-refractivity contribution is -0.144. The lowest BCUT2D eigenvalue weighted by atomic mass is 10.0. The number of carbonyl (C=O) groups excluding carboxylic acids is 2. The summed E-state index contributed by atoms with van der Waals surface area (Å²) in [5.74, 6) is 0.629. The van der Waals surface area contributed by atoms with Gasteiger partial charge in [0, 0.05) is 53.9 Å². The van der Waals surface area contributed by atoms with Gasteiger partial charge in [0.15, 0.2) is 5.11 Å². The third kappa shape index (κ3) is 17.5. The van der Waals surface area contributed by atoms with Gasteiger partial charge in [0.25, 0.3) is 0 Å². The minimum atomic E-state index is -1.27. The van der Waals surface area contributed by atoms with E-state index in [9.17, 15) is 59.1 Å². The largest absolute Gasteiger partial charge is 0.480 e. The number of hydrogen-bond donors (Lipinski definition) is 10. The number of anilines is 1. The van der Waals surface area contributed by atoms with Crippen LogP contribution in [-0.4, -0.2) is 149 Å². The predicted octanol–water partition coefficient (Wildman–Crippen LogP) is 1.18. The van der Waals surface area contributed by atoms with Crippen molar-refractivity contribution in [1.82, 2.24) is 36.1 Å². The highest BCUT2D eigenvalue weighted by Crippen LogP contribution is 2.33. The summed E-state index contributed by atoms with van der Waals surface area (Å²) in [7, 11) is 0. The Balaban J connectivity index is 1.26. The van der Waals surface area contributed by atoms with Crippen LogP contribution < -0.4 is 26.6 Å². The van der Waals surface area contributed by atoms with Crippen molar-refractivity contribution in [3.05, 3.63) is 58.9 Å². The standard InChI is InChI=1S/C40H50N8O12S2/c49-32(7-2-1-6-31-37-30(23-62-31)44-39(60)46-37)41-14-4-3-5-29(38(58)59)45-40(61)43-26-12-10-24(11-13-26)8-9-25-15-27(17-47(19-33(50)51)20-34(52)53)42-28(16-25)18-48(21-35(54)55)22-36(56)57/h10-13,15-16,29-31,37H,1-7,14,17-23H2,(H,41,49)(H,50,51)(H,52,53)(H,54,55)(H,56,57)(H,58,59)(H2,43,45,61)(H2,44,46,60). The van der Waals surface area contributed by atoms with Gasteiger partial charge in [-0.3, -0.25) is 38.8 Å². The third-order valence-electron chi connectivity index (χ3n) is 9.56. The molecule has 0 spiro atoms. The molecule has 0 bridgehead atoms. The lowest BCUT2D eigenvalue weighted by Crippen LogP contribution is -2.42. The number of thiocarbonyl (C=S) groups is 1. The van der Waals surface area contributed by atoms with Crippen molar-refractivity contribution in [2.24, 2.45) is 0 Å². The van der Waals surface area contributed by atoms with E-state index in [0.29, 0.717) is 47.9 Å². The predicted molar refractivity (Wildman–Crippen MR) is 229 cm³/mol. The second-order valence-corrected chi connectivity index (χ2v) is 16.4. The van der Waals surface area contributed by atoms with Gasteiger partial charge < -0.3 is 52.1 Å². The highest BCUT2D eigenvalue weighted by Gasteiger charge is 2.42. The number of nitrogens with one attached hydrogen (secondary N) is 5. The van der Waals surface area contributed by atoms with E-state index < -0.39 is 62.1 Å². The molecule has 2 aliphatic heterocycles. The number of carbonyl (C=O) groups is 7. The molecule has 20 nitrogen and oxygen atoms in total. The quantitative estimate of drug-likeness (QED) is 0.0290. The van der Waals surface area contributed by atoms with Crippen LogP contribution in [0.2, 0.25) is 0 Å². The van der Waals surface area contributed by atoms with E-state index in [2.05, 4.69) is 43.4 Å². The van der Waals surface area contributed by atoms with Gasteiger partial charge in [-0.15, -0.1) is 0 Å². The molecule has 3 amide bonds. The Hall–Kier alpha value is -6.02. The minimum Gasteiger partial charge on any atom is -0.480 e. The number of amides is 3. The van der Waals surface area contributed by atoms with E-state index >= 15 is 0 Å². The highest BCUT2D eigenvalue weighted by molar-refractivity contribution is 8.00. The summed E-state index contributed by atoms with van der Waals surface area (Å²) in [6.07, 6.45) is 4.32. The molecule has 10 N–H and O–H groups in total. The molecule has 4 unspecified atom stereocenters. The molecule has 2 aromatic rings. The average molecular weight is 899 g/mol. The molecule has 2 saturated heterocycles. The molecule has 1 aromatic heterocycles. The first-order chi connectivity index (χ1) is 29.5. The van der Waals surface area contributed by atoms with Crippen LogP contribution in [0.1, 0.15) is 67.5 Å². The smallest absolute Gasteiger partial charge is 0.326 e. The topological polar surface area (TPSA) is 300 Å². The van der Waals surface area contributed by atoms with E-state index in [-0.39, 0.29) is 60.0 Å². The van der Waals surface area contributed by atoms with Crippen LogP contribution in [0.15, 0.2) is 36.4 Å². The van der Waals surface area contributed by atoms with E-state index in [4.69, 9.17) is 12.2 Å². The Morgan fingerprint density at radius 3 is 1.95 bits per heavy atom. The zero-order chi connectivity index (χ0) is 45.2. The number of aromatic nitrogens is 1. The number of carboxylic acids is 5. The van der Waals surface area contributed by atoms with Crippen molar-refractivity contribution in [2.75, 3.05) is 43.8 Å². The van der Waals surface area contributed by atoms with Crippen LogP contribution in [-0.2, 0) is 41.9 Å². The van der Waals surface area contributed by atoms with Crippen LogP contribution in [0, 0.1) is 11.8 Å². The van der Waals surface area contributed by atoms with Crippen LogP contribution >= 0.6 is 24.0 Å². The summed E-state index contributed by atoms with van der Waals surface area (Å²) in [6.45, 7) is -2.42. The maximum Gasteiger partial charge on any atom is 0.326 e. The minimum absolute atomic E-state index is 0.0549. The average Bonchev–Trinajstić information content (AvgIpc) is 3.73. The zero-order valence-corrected chi connectivity index (χ0v) is 35.3. The number of urea groups is 1. The molecule has 3 heterocycles. The second kappa shape index (κ2) is 24.4. The first-order valence-electron chi connectivity index (χ1n) is 19.7. The van der Waals surface area contributed by atoms with E-state index in [1.54, 1.807) is 24.3 Å². The number of pyridine rings is 1. The lowest BCUT2D eigenvalue weighted by Gasteiger charge is -2.20. The fraction of sp³-hybridized carbons (Fsp3) is 0.475. The molecule has 334 valence electrons. The van der Waals surface area contributed by atoms with Gasteiger partial charge in [-0.1, -0.05) is 18.3 Å². The molecule has 0 saturated carbocycles. The number of benzene rings is 1. The number of carboxylic acid groups (broad SMARTS) is 5. The van der Waals surface area contributed by atoms with Crippen LogP contribution in [0.25, 0.3) is 0 Å². The summed E-state index contributed by atoms with van der Waals surface area (Å²) in [4.78, 5) is 88.0. The highest BCUT2D eigenvalue weighted by atomic mass is 32.2. The van der Waals surface area contributed by atoms with Gasteiger partial charge in [-0.2, -0.15) is 11.8 Å². The van der Waals surface area contributed by atoms with E-state index in [1.807, 2.05) is 11.8 Å². The summed E-state index contributed by atoms with van der Waals surface area (Å²) >= 11 is 7.21. The van der Waals surface area contributed by atoms with Gasteiger partial charge in [0.1, 0.15) is 6.04 Å². The first kappa shape index (κ1) is 48.6. The van der Waals surface area contributed by atoms with E-state index in [0.717, 1.165) is 34.8 Å². The second-order valence-electron chi connectivity index (χ2n) is 14.7. The molecule has 2 aliphatic rings. The Bertz CT molecular complexity index is 1940. The Kier molecular flexibility index (Phi) is 19.2. The molecule has 62 heavy (non-hydrogen) atoms. The molecular formula is C40H50N8O12S2. The van der Waals surface area contributed by atoms with Gasteiger partial charge in [0.05, 0.1) is 49.7 Å². The number of hydrogen-bond acceptors (Lipinski definition) is 12. The number of aliphatic carboxylic acids is 5. The molecule has 4 atom stereocenters. The van der Waals surface area contributed by atoms with Crippen LogP contribution in [0.4, 0.5) is 10.5 Å². The SMILES string of the molecule is O=C(O)CN(CC(=O)O)Cc1cc(C#Cc2ccc(NC(=S)NC(CCCCNC(=O)CCCCC3SCC4NC(=O)NC43)C(=O)O)cc2)cc(CN(CC(=O)O)CC(=O)O)n1. The number of fused-ring (bicyclic) bond motifs is 1. The zero-order valence-electron chi connectivity index (χ0n) is 33.6.